The van der Waals surface area contributed by atoms with Crippen LogP contribution in [0.1, 0.15) is 44.7 Å². The molecule has 3 heteroatoms. The van der Waals surface area contributed by atoms with Crippen LogP contribution < -0.4 is 5.32 Å². The second kappa shape index (κ2) is 8.02. The van der Waals surface area contributed by atoms with E-state index in [1.165, 1.54) is 44.5 Å². The zero-order valence-corrected chi connectivity index (χ0v) is 13.5. The number of benzene rings is 1. The first-order chi connectivity index (χ1) is 9.65. The van der Waals surface area contributed by atoms with Crippen LogP contribution in [0.25, 0.3) is 0 Å². The number of nitrogens with zero attached hydrogens (tertiary/aromatic N) is 1. The van der Waals surface area contributed by atoms with Gasteiger partial charge < -0.3 is 10.2 Å². The Labute approximate surface area is 128 Å². The Morgan fingerprint density at radius 1 is 1.35 bits per heavy atom. The smallest absolute Gasteiger partial charge is 0.0409 e. The number of piperidine rings is 1. The minimum Gasteiger partial charge on any atom is -0.310 e. The lowest BCUT2D eigenvalue weighted by atomic mass is 9.99. The third kappa shape index (κ3) is 5.08. The van der Waals surface area contributed by atoms with Crippen molar-refractivity contribution in [1.29, 1.82) is 0 Å². The molecule has 2 nitrogen and oxygen atoms in total. The van der Waals surface area contributed by atoms with Gasteiger partial charge in [-0.3, -0.25) is 0 Å². The Morgan fingerprint density at radius 2 is 2.10 bits per heavy atom. The average molecular weight is 295 g/mol. The molecule has 0 aliphatic carbocycles. The fourth-order valence-electron chi connectivity index (χ4n) is 2.80. The van der Waals surface area contributed by atoms with Gasteiger partial charge in [0.25, 0.3) is 0 Å². The summed E-state index contributed by atoms with van der Waals surface area (Å²) in [5.74, 6) is 0.923. The van der Waals surface area contributed by atoms with Gasteiger partial charge in [0.2, 0.25) is 0 Å². The van der Waals surface area contributed by atoms with Crippen LogP contribution in [0.15, 0.2) is 24.3 Å². The van der Waals surface area contributed by atoms with E-state index in [2.05, 4.69) is 30.1 Å². The van der Waals surface area contributed by atoms with Crippen molar-refractivity contribution < 1.29 is 0 Å². The number of rotatable bonds is 6. The van der Waals surface area contributed by atoms with E-state index in [0.29, 0.717) is 6.04 Å². The molecule has 0 spiro atoms. The van der Waals surface area contributed by atoms with Crippen LogP contribution in [0.5, 0.6) is 0 Å². The van der Waals surface area contributed by atoms with E-state index in [-0.39, 0.29) is 0 Å². The molecule has 1 N–H and O–H groups in total. The number of likely N-dealkylation sites (tertiary alicyclic amines) is 1. The summed E-state index contributed by atoms with van der Waals surface area (Å²) in [6.45, 7) is 9.43. The highest BCUT2D eigenvalue weighted by Gasteiger charge is 2.14. The Balaban J connectivity index is 1.63. The molecular formula is C17H27ClN2. The predicted octanol–water partition coefficient (Wildman–Crippen LogP) is 4.11. The van der Waals surface area contributed by atoms with Crippen molar-refractivity contribution in [2.75, 3.05) is 26.2 Å². The molecule has 1 aliphatic heterocycles. The van der Waals surface area contributed by atoms with Crippen LogP contribution in [-0.4, -0.2) is 31.1 Å². The van der Waals surface area contributed by atoms with Gasteiger partial charge in [0, 0.05) is 11.1 Å². The van der Waals surface area contributed by atoms with Crippen LogP contribution in [0.2, 0.25) is 5.02 Å². The molecule has 1 unspecified atom stereocenters. The summed E-state index contributed by atoms with van der Waals surface area (Å²) in [7, 11) is 0. The van der Waals surface area contributed by atoms with E-state index < -0.39 is 0 Å². The second-order valence-electron chi connectivity index (χ2n) is 6.11. The summed E-state index contributed by atoms with van der Waals surface area (Å²) in [6, 6.07) is 8.50. The SMILES string of the molecule is CC1CCN(CCCNC(C)c2cccc(Cl)c2)CC1. The van der Waals surface area contributed by atoms with E-state index in [1.54, 1.807) is 0 Å². The Kier molecular flexibility index (Phi) is 6.34. The molecular weight excluding hydrogens is 268 g/mol. The molecule has 1 atom stereocenters. The van der Waals surface area contributed by atoms with Gasteiger partial charge in [-0.1, -0.05) is 30.7 Å². The first kappa shape index (κ1) is 15.8. The van der Waals surface area contributed by atoms with Gasteiger partial charge in [0.1, 0.15) is 0 Å². The molecule has 0 aromatic heterocycles. The molecule has 0 radical (unpaired) electrons. The number of nitrogens with one attached hydrogen (secondary N) is 1. The zero-order valence-electron chi connectivity index (χ0n) is 12.7. The van der Waals surface area contributed by atoms with E-state index in [0.717, 1.165) is 17.5 Å². The Bertz CT molecular complexity index is 400. The first-order valence-electron chi connectivity index (χ1n) is 7.86. The van der Waals surface area contributed by atoms with E-state index in [1.807, 2.05) is 18.2 Å². The molecule has 1 saturated heterocycles. The van der Waals surface area contributed by atoms with Gasteiger partial charge in [-0.05, 0) is 76.0 Å². The van der Waals surface area contributed by atoms with Gasteiger partial charge in [0.15, 0.2) is 0 Å². The summed E-state index contributed by atoms with van der Waals surface area (Å²) < 4.78 is 0. The molecule has 2 rings (SSSR count). The molecule has 0 saturated carbocycles. The van der Waals surface area contributed by atoms with Crippen molar-refractivity contribution in [2.24, 2.45) is 5.92 Å². The van der Waals surface area contributed by atoms with Crippen molar-refractivity contribution in [1.82, 2.24) is 10.2 Å². The van der Waals surface area contributed by atoms with Crippen LogP contribution in [0.3, 0.4) is 0 Å². The summed E-state index contributed by atoms with van der Waals surface area (Å²) in [4.78, 5) is 2.60. The van der Waals surface area contributed by atoms with Crippen molar-refractivity contribution >= 4 is 11.6 Å². The maximum absolute atomic E-state index is 6.03. The maximum atomic E-state index is 6.03. The van der Waals surface area contributed by atoms with Crippen molar-refractivity contribution in [3.05, 3.63) is 34.9 Å². The third-order valence-corrected chi connectivity index (χ3v) is 4.56. The molecule has 20 heavy (non-hydrogen) atoms. The predicted molar refractivity (Wildman–Crippen MR) is 87.3 cm³/mol. The average Bonchev–Trinajstić information content (AvgIpc) is 2.45. The molecule has 112 valence electrons. The molecule has 0 amide bonds. The standard InChI is InChI=1S/C17H27ClN2/c1-14-7-11-20(12-8-14)10-4-9-19-15(2)16-5-3-6-17(18)13-16/h3,5-6,13-15,19H,4,7-12H2,1-2H3. The van der Waals surface area contributed by atoms with Crippen molar-refractivity contribution in [3.63, 3.8) is 0 Å². The highest BCUT2D eigenvalue weighted by Crippen LogP contribution is 2.18. The molecule has 1 aromatic carbocycles. The first-order valence-corrected chi connectivity index (χ1v) is 8.24. The molecule has 1 fully saturated rings. The van der Waals surface area contributed by atoms with E-state index >= 15 is 0 Å². The molecule has 0 bridgehead atoms. The fraction of sp³-hybridized carbons (Fsp3) is 0.647. The minimum absolute atomic E-state index is 0.370. The highest BCUT2D eigenvalue weighted by atomic mass is 35.5. The fourth-order valence-corrected chi connectivity index (χ4v) is 3.00. The highest BCUT2D eigenvalue weighted by molar-refractivity contribution is 6.30. The number of hydrogen-bond donors (Lipinski definition) is 1. The van der Waals surface area contributed by atoms with E-state index in [4.69, 9.17) is 11.6 Å². The summed E-state index contributed by atoms with van der Waals surface area (Å²) >= 11 is 6.03. The topological polar surface area (TPSA) is 15.3 Å². The van der Waals surface area contributed by atoms with Gasteiger partial charge in [0.05, 0.1) is 0 Å². The summed E-state index contributed by atoms with van der Waals surface area (Å²) in [6.07, 6.45) is 3.96. The molecule has 1 aliphatic rings. The largest absolute Gasteiger partial charge is 0.310 e. The normalized spacial score (nSPS) is 19.1. The van der Waals surface area contributed by atoms with Gasteiger partial charge in [-0.2, -0.15) is 0 Å². The molecule has 1 heterocycles. The Morgan fingerprint density at radius 3 is 2.80 bits per heavy atom. The van der Waals surface area contributed by atoms with Crippen LogP contribution in [-0.2, 0) is 0 Å². The lowest BCUT2D eigenvalue weighted by Gasteiger charge is -2.30. The van der Waals surface area contributed by atoms with Gasteiger partial charge in [-0.25, -0.2) is 0 Å². The minimum atomic E-state index is 0.370. The van der Waals surface area contributed by atoms with Crippen molar-refractivity contribution in [3.8, 4) is 0 Å². The zero-order chi connectivity index (χ0) is 14.4. The maximum Gasteiger partial charge on any atom is 0.0409 e. The van der Waals surface area contributed by atoms with Crippen molar-refractivity contribution in [2.45, 2.75) is 39.2 Å². The van der Waals surface area contributed by atoms with Crippen LogP contribution >= 0.6 is 11.6 Å². The number of hydrogen-bond acceptors (Lipinski definition) is 2. The summed E-state index contributed by atoms with van der Waals surface area (Å²) in [5, 5.41) is 4.41. The number of halogens is 1. The van der Waals surface area contributed by atoms with Gasteiger partial charge >= 0.3 is 0 Å². The monoisotopic (exact) mass is 294 g/mol. The second-order valence-corrected chi connectivity index (χ2v) is 6.54. The summed E-state index contributed by atoms with van der Waals surface area (Å²) in [5.41, 5.74) is 1.27. The van der Waals surface area contributed by atoms with E-state index in [9.17, 15) is 0 Å². The molecule has 1 aromatic rings. The quantitative estimate of drug-likeness (QED) is 0.794. The van der Waals surface area contributed by atoms with Gasteiger partial charge in [-0.15, -0.1) is 0 Å². The third-order valence-electron chi connectivity index (χ3n) is 4.33. The lowest BCUT2D eigenvalue weighted by molar-refractivity contribution is 0.190. The lowest BCUT2D eigenvalue weighted by Crippen LogP contribution is -2.35. The Hall–Kier alpha value is -0.570. The van der Waals surface area contributed by atoms with Crippen LogP contribution in [0, 0.1) is 5.92 Å². The van der Waals surface area contributed by atoms with Crippen LogP contribution in [0.4, 0.5) is 0 Å².